The van der Waals surface area contributed by atoms with E-state index in [2.05, 4.69) is 0 Å². The molecular weight excluding hydrogens is 252 g/mol. The molecule has 0 N–H and O–H groups in total. The topological polar surface area (TPSA) is 52.6 Å². The highest BCUT2D eigenvalue weighted by Crippen LogP contribution is 2.38. The van der Waals surface area contributed by atoms with Crippen molar-refractivity contribution < 1.29 is 17.9 Å². The number of rotatable bonds is 2. The fraction of sp³-hybridized carbons (Fsp3) is 0.400. The third kappa shape index (κ3) is 1.97. The van der Waals surface area contributed by atoms with Gasteiger partial charge in [-0.05, 0) is 25.0 Å². The van der Waals surface area contributed by atoms with Crippen LogP contribution in [0.1, 0.15) is 12.0 Å². The standard InChI is InChI=1S/C10H11ClO4S/c1-14-9-5-4-8-7(3-2-6-15-8)10(9)16(11,12)13/h4-5H,2-3,6H2,1H3. The SMILES string of the molecule is COc1ccc2c(c1S(=O)(=O)Cl)CCCO2. The molecule has 0 unspecified atom stereocenters. The van der Waals surface area contributed by atoms with Gasteiger partial charge in [0.15, 0.2) is 0 Å². The number of halogens is 1. The summed E-state index contributed by atoms with van der Waals surface area (Å²) >= 11 is 0. The Hall–Kier alpha value is -0.940. The second-order valence-electron chi connectivity index (χ2n) is 3.46. The van der Waals surface area contributed by atoms with E-state index in [-0.39, 0.29) is 10.6 Å². The maximum atomic E-state index is 11.5. The van der Waals surface area contributed by atoms with Gasteiger partial charge in [-0.2, -0.15) is 0 Å². The Morgan fingerprint density at radius 2 is 2.19 bits per heavy atom. The zero-order valence-electron chi connectivity index (χ0n) is 8.70. The zero-order chi connectivity index (χ0) is 11.8. The second-order valence-corrected chi connectivity index (χ2v) is 5.97. The Bertz CT molecular complexity index is 510. The van der Waals surface area contributed by atoms with Crippen LogP contribution in [0.3, 0.4) is 0 Å². The molecule has 0 saturated carbocycles. The monoisotopic (exact) mass is 262 g/mol. The summed E-state index contributed by atoms with van der Waals surface area (Å²) in [5.74, 6) is 0.838. The van der Waals surface area contributed by atoms with Gasteiger partial charge in [0, 0.05) is 16.2 Å². The van der Waals surface area contributed by atoms with Crippen molar-refractivity contribution in [3.05, 3.63) is 17.7 Å². The molecule has 1 aromatic carbocycles. The van der Waals surface area contributed by atoms with Crippen molar-refractivity contribution in [3.63, 3.8) is 0 Å². The average Bonchev–Trinajstić information content (AvgIpc) is 2.26. The molecular formula is C10H11ClO4S. The minimum atomic E-state index is -3.82. The van der Waals surface area contributed by atoms with Crippen molar-refractivity contribution in [1.82, 2.24) is 0 Å². The molecule has 0 aliphatic carbocycles. The molecule has 1 aliphatic rings. The minimum absolute atomic E-state index is 0.0360. The van der Waals surface area contributed by atoms with Crippen LogP contribution in [0.4, 0.5) is 0 Å². The van der Waals surface area contributed by atoms with Crippen molar-refractivity contribution in [1.29, 1.82) is 0 Å². The number of fused-ring (bicyclic) bond motifs is 1. The first-order valence-corrected chi connectivity index (χ1v) is 7.12. The van der Waals surface area contributed by atoms with Crippen molar-refractivity contribution in [2.24, 2.45) is 0 Å². The third-order valence-electron chi connectivity index (χ3n) is 2.47. The van der Waals surface area contributed by atoms with E-state index in [4.69, 9.17) is 20.2 Å². The van der Waals surface area contributed by atoms with Crippen LogP contribution in [0.15, 0.2) is 17.0 Å². The summed E-state index contributed by atoms with van der Waals surface area (Å²) in [6.45, 7) is 0.598. The molecule has 0 radical (unpaired) electrons. The van der Waals surface area contributed by atoms with Crippen LogP contribution in [0, 0.1) is 0 Å². The number of benzene rings is 1. The molecule has 1 heterocycles. The van der Waals surface area contributed by atoms with E-state index >= 15 is 0 Å². The lowest BCUT2D eigenvalue weighted by molar-refractivity contribution is 0.284. The lowest BCUT2D eigenvalue weighted by atomic mass is 10.1. The molecule has 88 valence electrons. The highest BCUT2D eigenvalue weighted by molar-refractivity contribution is 8.13. The highest BCUT2D eigenvalue weighted by Gasteiger charge is 2.26. The van der Waals surface area contributed by atoms with Crippen molar-refractivity contribution in [2.45, 2.75) is 17.7 Å². The number of ether oxygens (including phenoxy) is 2. The van der Waals surface area contributed by atoms with Crippen LogP contribution in [0.2, 0.25) is 0 Å². The van der Waals surface area contributed by atoms with E-state index in [1.54, 1.807) is 12.1 Å². The Labute approximate surface area is 98.5 Å². The molecule has 4 nitrogen and oxygen atoms in total. The molecule has 0 atom stereocenters. The number of methoxy groups -OCH3 is 1. The van der Waals surface area contributed by atoms with Gasteiger partial charge < -0.3 is 9.47 Å². The second kappa shape index (κ2) is 4.14. The third-order valence-corrected chi connectivity index (χ3v) is 3.87. The van der Waals surface area contributed by atoms with Gasteiger partial charge in [0.25, 0.3) is 9.05 Å². The molecule has 0 saturated heterocycles. The lowest BCUT2D eigenvalue weighted by Crippen LogP contribution is -2.12. The van der Waals surface area contributed by atoms with Crippen LogP contribution < -0.4 is 9.47 Å². The van der Waals surface area contributed by atoms with Crippen molar-refractivity contribution in [2.75, 3.05) is 13.7 Å². The molecule has 1 aromatic rings. The van der Waals surface area contributed by atoms with Crippen LogP contribution >= 0.6 is 10.7 Å². The first kappa shape index (κ1) is 11.5. The summed E-state index contributed by atoms with van der Waals surface area (Å²) in [6.07, 6.45) is 1.41. The molecule has 0 spiro atoms. The fourth-order valence-corrected chi connectivity index (χ4v) is 3.22. The van der Waals surface area contributed by atoms with Gasteiger partial charge in [0.05, 0.1) is 13.7 Å². The van der Waals surface area contributed by atoms with E-state index < -0.39 is 9.05 Å². The van der Waals surface area contributed by atoms with E-state index in [9.17, 15) is 8.42 Å². The van der Waals surface area contributed by atoms with E-state index in [0.29, 0.717) is 24.3 Å². The van der Waals surface area contributed by atoms with Crippen molar-refractivity contribution in [3.8, 4) is 11.5 Å². The van der Waals surface area contributed by atoms with Crippen LogP contribution in [-0.4, -0.2) is 22.1 Å². The van der Waals surface area contributed by atoms with Gasteiger partial charge >= 0.3 is 0 Å². The normalized spacial score (nSPS) is 15.1. The largest absolute Gasteiger partial charge is 0.495 e. The summed E-state index contributed by atoms with van der Waals surface area (Å²) in [6, 6.07) is 3.26. The maximum absolute atomic E-state index is 11.5. The summed E-state index contributed by atoms with van der Waals surface area (Å²) in [7, 11) is 3.01. The van der Waals surface area contributed by atoms with Gasteiger partial charge in [-0.25, -0.2) is 8.42 Å². The van der Waals surface area contributed by atoms with Crippen LogP contribution in [-0.2, 0) is 15.5 Å². The van der Waals surface area contributed by atoms with Gasteiger partial charge in [0.2, 0.25) is 0 Å². The summed E-state index contributed by atoms with van der Waals surface area (Å²) < 4.78 is 33.4. The Kier molecular flexibility index (Phi) is 2.99. The molecule has 0 amide bonds. The predicted octanol–water partition coefficient (Wildman–Crippen LogP) is 1.95. The minimum Gasteiger partial charge on any atom is -0.495 e. The van der Waals surface area contributed by atoms with E-state index in [0.717, 1.165) is 6.42 Å². The summed E-state index contributed by atoms with van der Waals surface area (Å²) in [5, 5.41) is 0. The van der Waals surface area contributed by atoms with Crippen LogP contribution in [0.5, 0.6) is 11.5 Å². The lowest BCUT2D eigenvalue weighted by Gasteiger charge is -2.20. The van der Waals surface area contributed by atoms with Gasteiger partial charge in [-0.15, -0.1) is 0 Å². The van der Waals surface area contributed by atoms with Crippen LogP contribution in [0.25, 0.3) is 0 Å². The number of hydrogen-bond acceptors (Lipinski definition) is 4. The molecule has 0 aromatic heterocycles. The molecule has 1 aliphatic heterocycles. The average molecular weight is 263 g/mol. The molecule has 16 heavy (non-hydrogen) atoms. The van der Waals surface area contributed by atoms with Crippen molar-refractivity contribution >= 4 is 19.7 Å². The summed E-state index contributed by atoms with van der Waals surface area (Å²) in [5.41, 5.74) is 0.612. The molecule has 0 fully saturated rings. The smallest absolute Gasteiger partial charge is 0.265 e. The summed E-state index contributed by atoms with van der Waals surface area (Å²) in [4.78, 5) is 0.0360. The first-order chi connectivity index (χ1) is 7.54. The van der Waals surface area contributed by atoms with Gasteiger partial charge in [-0.3, -0.25) is 0 Å². The molecule has 2 rings (SSSR count). The first-order valence-electron chi connectivity index (χ1n) is 4.81. The molecule has 6 heteroatoms. The zero-order valence-corrected chi connectivity index (χ0v) is 10.3. The quantitative estimate of drug-likeness (QED) is 0.765. The van der Waals surface area contributed by atoms with E-state index in [1.807, 2.05) is 0 Å². The highest BCUT2D eigenvalue weighted by atomic mass is 35.7. The predicted molar refractivity (Wildman–Crippen MR) is 59.8 cm³/mol. The van der Waals surface area contributed by atoms with E-state index in [1.165, 1.54) is 7.11 Å². The fourth-order valence-electron chi connectivity index (χ4n) is 1.82. The Balaban J connectivity index is 2.71. The number of hydrogen-bond donors (Lipinski definition) is 0. The Morgan fingerprint density at radius 3 is 2.81 bits per heavy atom. The van der Waals surface area contributed by atoms with Gasteiger partial charge in [0.1, 0.15) is 16.4 Å². The molecule has 0 bridgehead atoms. The van der Waals surface area contributed by atoms with Gasteiger partial charge in [-0.1, -0.05) is 0 Å². The maximum Gasteiger partial charge on any atom is 0.265 e. The Morgan fingerprint density at radius 1 is 1.44 bits per heavy atom.